The van der Waals surface area contributed by atoms with Crippen molar-refractivity contribution in [3.05, 3.63) is 89.4 Å². The number of H-pyrrole nitrogens is 1. The van der Waals surface area contributed by atoms with E-state index in [9.17, 15) is 14.4 Å². The number of aryl methyl sites for hydroxylation is 1. The van der Waals surface area contributed by atoms with Crippen molar-refractivity contribution in [1.29, 1.82) is 0 Å². The Hall–Kier alpha value is -4.93. The fourth-order valence-corrected chi connectivity index (χ4v) is 5.94. The molecule has 1 fully saturated rings. The van der Waals surface area contributed by atoms with Crippen molar-refractivity contribution in [1.82, 2.24) is 30.3 Å². The molecule has 0 bridgehead atoms. The van der Waals surface area contributed by atoms with Gasteiger partial charge in [-0.3, -0.25) is 10.1 Å². The molecule has 1 saturated heterocycles. The van der Waals surface area contributed by atoms with E-state index in [0.717, 1.165) is 38.8 Å². The zero-order valence-corrected chi connectivity index (χ0v) is 24.2. The van der Waals surface area contributed by atoms with Crippen LogP contribution >= 0.6 is 0 Å². The Labute approximate surface area is 249 Å². The second-order valence-electron chi connectivity index (χ2n) is 11.3. The first-order chi connectivity index (χ1) is 20.9. The largest absolute Gasteiger partial charge is 0.456 e. The van der Waals surface area contributed by atoms with Gasteiger partial charge in [0.05, 0.1) is 11.7 Å². The highest BCUT2D eigenvalue weighted by molar-refractivity contribution is 5.92. The average molecular weight is 582 g/mol. The van der Waals surface area contributed by atoms with E-state index in [1.165, 1.54) is 0 Å². The number of aromatic nitrogens is 3. The number of pyridine rings is 1. The number of likely N-dealkylation sites (tertiary alicyclic amines) is 1. The van der Waals surface area contributed by atoms with Crippen molar-refractivity contribution in [2.75, 3.05) is 18.4 Å². The van der Waals surface area contributed by atoms with Crippen LogP contribution in [0.25, 0.3) is 10.9 Å². The Morgan fingerprint density at radius 3 is 2.72 bits per heavy atom. The van der Waals surface area contributed by atoms with Crippen LogP contribution in [0.2, 0.25) is 0 Å². The molecule has 2 aliphatic heterocycles. The number of aromatic amines is 1. The van der Waals surface area contributed by atoms with E-state index in [0.29, 0.717) is 32.5 Å². The lowest BCUT2D eigenvalue weighted by atomic mass is 10.0. The summed E-state index contributed by atoms with van der Waals surface area (Å²) >= 11 is 0. The van der Waals surface area contributed by atoms with Crippen molar-refractivity contribution in [2.24, 2.45) is 0 Å². The highest BCUT2D eigenvalue weighted by Crippen LogP contribution is 2.28. The average Bonchev–Trinajstić information content (AvgIpc) is 3.50. The third-order valence-electron chi connectivity index (χ3n) is 8.33. The molecule has 4 heterocycles. The van der Waals surface area contributed by atoms with E-state index in [4.69, 9.17) is 4.74 Å². The number of fused-ring (bicyclic) bond motifs is 2. The van der Waals surface area contributed by atoms with Gasteiger partial charge >= 0.3 is 18.0 Å². The van der Waals surface area contributed by atoms with Gasteiger partial charge in [0.15, 0.2) is 0 Å². The molecule has 2 unspecified atom stereocenters. The molecule has 3 N–H and O–H groups in total. The minimum atomic E-state index is -0.905. The van der Waals surface area contributed by atoms with Crippen molar-refractivity contribution in [2.45, 2.75) is 57.8 Å². The van der Waals surface area contributed by atoms with Gasteiger partial charge < -0.3 is 25.2 Å². The maximum Gasteiger partial charge on any atom is 0.329 e. The molecule has 0 aliphatic carbocycles. The smallest absolute Gasteiger partial charge is 0.329 e. The lowest BCUT2D eigenvalue weighted by Crippen LogP contribution is -2.55. The number of hydrogen-bond acceptors (Lipinski definition) is 6. The van der Waals surface area contributed by atoms with Crippen LogP contribution < -0.4 is 10.6 Å². The Morgan fingerprint density at radius 2 is 1.93 bits per heavy atom. The number of nitrogens with one attached hydrogen (secondary N) is 3. The molecule has 2 atom stereocenters. The van der Waals surface area contributed by atoms with Gasteiger partial charge in [0.2, 0.25) is 0 Å². The number of esters is 1. The Bertz CT molecular complexity index is 1630. The number of carbonyl (C=O) groups is 3. The van der Waals surface area contributed by atoms with E-state index in [-0.39, 0.29) is 24.5 Å². The summed E-state index contributed by atoms with van der Waals surface area (Å²) < 4.78 is 5.82. The van der Waals surface area contributed by atoms with E-state index in [1.54, 1.807) is 36.5 Å². The van der Waals surface area contributed by atoms with E-state index >= 15 is 0 Å². The molecule has 4 amide bonds. The van der Waals surface area contributed by atoms with Gasteiger partial charge in [-0.2, -0.15) is 5.10 Å². The third kappa shape index (κ3) is 6.15. The predicted molar refractivity (Wildman–Crippen MR) is 161 cm³/mol. The maximum atomic E-state index is 13.5. The summed E-state index contributed by atoms with van der Waals surface area (Å²) in [5.41, 5.74) is 5.51. The van der Waals surface area contributed by atoms with Crippen LogP contribution in [0.1, 0.15) is 48.1 Å². The fourth-order valence-electron chi connectivity index (χ4n) is 5.94. The zero-order valence-electron chi connectivity index (χ0n) is 24.2. The number of ether oxygens (including phenoxy) is 1. The Morgan fingerprint density at radius 1 is 1.12 bits per heavy atom. The van der Waals surface area contributed by atoms with Crippen molar-refractivity contribution >= 4 is 34.6 Å². The van der Waals surface area contributed by atoms with Crippen LogP contribution in [-0.2, 0) is 22.5 Å². The molecule has 6 rings (SSSR count). The monoisotopic (exact) mass is 581 g/mol. The molecule has 11 heteroatoms. The van der Waals surface area contributed by atoms with Crippen LogP contribution in [0, 0.1) is 6.92 Å². The lowest BCUT2D eigenvalue weighted by molar-refractivity contribution is -0.151. The Balaban J connectivity index is 1.13. The van der Waals surface area contributed by atoms with Gasteiger partial charge in [-0.25, -0.2) is 14.4 Å². The van der Waals surface area contributed by atoms with E-state index < -0.39 is 18.1 Å². The van der Waals surface area contributed by atoms with Gasteiger partial charge in [0, 0.05) is 61.1 Å². The van der Waals surface area contributed by atoms with Gasteiger partial charge in [-0.15, -0.1) is 0 Å². The van der Waals surface area contributed by atoms with Crippen LogP contribution in [0.3, 0.4) is 0 Å². The van der Waals surface area contributed by atoms with Crippen molar-refractivity contribution < 1.29 is 19.1 Å². The second kappa shape index (κ2) is 12.1. The highest BCUT2D eigenvalue weighted by atomic mass is 16.5. The zero-order chi connectivity index (χ0) is 29.9. The van der Waals surface area contributed by atoms with E-state index in [1.807, 2.05) is 54.3 Å². The minimum Gasteiger partial charge on any atom is -0.456 e. The summed E-state index contributed by atoms with van der Waals surface area (Å²) in [6.07, 6.45) is 6.08. The molecule has 222 valence electrons. The summed E-state index contributed by atoms with van der Waals surface area (Å²) in [4.78, 5) is 47.5. The van der Waals surface area contributed by atoms with Gasteiger partial charge in [-0.05, 0) is 61.6 Å². The first kappa shape index (κ1) is 28.2. The Kier molecular flexibility index (Phi) is 7.95. The third-order valence-corrected chi connectivity index (χ3v) is 8.33. The molecule has 2 aromatic heterocycles. The molecule has 4 aromatic rings. The summed E-state index contributed by atoms with van der Waals surface area (Å²) in [7, 11) is 0. The summed E-state index contributed by atoms with van der Waals surface area (Å²) in [6, 6.07) is 14.1. The molecule has 43 heavy (non-hydrogen) atoms. The number of para-hydroxylation sites is 1. The number of urea groups is 2. The number of anilines is 1. The van der Waals surface area contributed by atoms with Gasteiger partial charge in [0.25, 0.3) is 0 Å². The van der Waals surface area contributed by atoms with Crippen LogP contribution in [0.5, 0.6) is 0 Å². The molecular formula is C32H35N7O4. The first-order valence-corrected chi connectivity index (χ1v) is 14.6. The molecule has 0 saturated carbocycles. The standard InChI is InChI=1S/C32H35N7O4/c1-20-14-22(15-25-18-34-37-29(20)25)16-28(30(40)43-21(2)23-7-5-11-33-17-23)36-31(41)38-12-9-26(10-13-38)39-19-24-6-3-4-8-27(24)35-32(39)42/h3-8,11,14-15,17-18,21,26,28H,9-10,12-13,16,19H2,1-2H3,(H,34,37)(H,35,42)(H,36,41). The normalized spacial score (nSPS) is 16.7. The summed E-state index contributed by atoms with van der Waals surface area (Å²) in [6.45, 7) is 5.25. The number of nitrogens with zero attached hydrogens (tertiary/aromatic N) is 4. The van der Waals surface area contributed by atoms with Crippen molar-refractivity contribution in [3.8, 4) is 0 Å². The molecular weight excluding hydrogens is 546 g/mol. The maximum absolute atomic E-state index is 13.5. The lowest BCUT2D eigenvalue weighted by Gasteiger charge is -2.40. The van der Waals surface area contributed by atoms with Crippen molar-refractivity contribution in [3.63, 3.8) is 0 Å². The van der Waals surface area contributed by atoms with Gasteiger partial charge in [-0.1, -0.05) is 30.3 Å². The SMILES string of the molecule is Cc1cc(CC(NC(=O)N2CCC(N3Cc4ccccc4NC3=O)CC2)C(=O)OC(C)c2cccnc2)cc2cn[nH]c12. The van der Waals surface area contributed by atoms with Crippen LogP contribution in [0.15, 0.2) is 67.1 Å². The molecule has 2 aromatic carbocycles. The minimum absolute atomic E-state index is 0.0168. The molecule has 2 aliphatic rings. The summed E-state index contributed by atoms with van der Waals surface area (Å²) in [5, 5.41) is 14.0. The summed E-state index contributed by atoms with van der Waals surface area (Å²) in [5.74, 6) is -0.520. The number of benzene rings is 2. The number of hydrogen-bond donors (Lipinski definition) is 3. The fraction of sp³-hybridized carbons (Fsp3) is 0.344. The van der Waals surface area contributed by atoms with Crippen LogP contribution in [-0.4, -0.2) is 68.2 Å². The predicted octanol–water partition coefficient (Wildman–Crippen LogP) is 4.70. The second-order valence-corrected chi connectivity index (χ2v) is 11.3. The topological polar surface area (TPSA) is 133 Å². The molecule has 11 nitrogen and oxygen atoms in total. The number of piperidine rings is 1. The molecule has 0 radical (unpaired) electrons. The van der Waals surface area contributed by atoms with Crippen LogP contribution in [0.4, 0.5) is 15.3 Å². The van der Waals surface area contributed by atoms with E-state index in [2.05, 4.69) is 25.8 Å². The molecule has 0 spiro atoms. The quantitative estimate of drug-likeness (QED) is 0.271. The first-order valence-electron chi connectivity index (χ1n) is 14.6. The highest BCUT2D eigenvalue weighted by Gasteiger charge is 2.34. The van der Waals surface area contributed by atoms with Gasteiger partial charge in [0.1, 0.15) is 12.1 Å². The number of amides is 4. The number of carbonyl (C=O) groups excluding carboxylic acids is 3. The number of rotatable bonds is 7.